The van der Waals surface area contributed by atoms with Gasteiger partial charge in [0.1, 0.15) is 5.75 Å². The van der Waals surface area contributed by atoms with E-state index < -0.39 is 0 Å². The van der Waals surface area contributed by atoms with E-state index in [0.29, 0.717) is 5.39 Å². The molecule has 78 valence electrons. The molecule has 0 bridgehead atoms. The number of phenols is 1. The number of phenolic OH excluding ortho intramolecular Hbond substituents is 1. The topological polar surface area (TPSA) is 53.1 Å². The summed E-state index contributed by atoms with van der Waals surface area (Å²) < 4.78 is 0. The Morgan fingerprint density at radius 2 is 1.75 bits per heavy atom. The summed E-state index contributed by atoms with van der Waals surface area (Å²) in [5.41, 5.74) is 0.635. The zero-order valence-electron chi connectivity index (χ0n) is 8.40. The molecule has 0 aliphatic heterocycles. The molecule has 0 atom stereocenters. The zero-order chi connectivity index (χ0) is 11.1. The smallest absolute Gasteiger partial charge is 0.256 e. The van der Waals surface area contributed by atoms with Gasteiger partial charge >= 0.3 is 0 Å². The Bertz CT molecular complexity index is 744. The third-order valence-corrected chi connectivity index (χ3v) is 2.71. The van der Waals surface area contributed by atoms with Crippen molar-refractivity contribution in [2.75, 3.05) is 0 Å². The lowest BCUT2D eigenvalue weighted by Gasteiger charge is -2.03. The maximum absolute atomic E-state index is 11.8. The molecule has 0 aliphatic carbocycles. The fourth-order valence-corrected chi connectivity index (χ4v) is 1.97. The van der Waals surface area contributed by atoms with Crippen molar-refractivity contribution in [1.82, 2.24) is 4.98 Å². The number of aromatic hydroxyl groups is 1. The molecule has 0 spiro atoms. The van der Waals surface area contributed by atoms with Gasteiger partial charge in [0.25, 0.3) is 5.56 Å². The van der Waals surface area contributed by atoms with Crippen LogP contribution in [0.1, 0.15) is 0 Å². The second-order valence-corrected chi connectivity index (χ2v) is 3.73. The van der Waals surface area contributed by atoms with E-state index in [1.54, 1.807) is 12.1 Å². The zero-order valence-corrected chi connectivity index (χ0v) is 8.40. The Kier molecular flexibility index (Phi) is 1.74. The maximum Gasteiger partial charge on any atom is 0.256 e. The van der Waals surface area contributed by atoms with E-state index in [9.17, 15) is 9.90 Å². The molecule has 0 amide bonds. The van der Waals surface area contributed by atoms with Gasteiger partial charge in [-0.2, -0.15) is 0 Å². The molecule has 1 aromatic heterocycles. The van der Waals surface area contributed by atoms with E-state index in [1.165, 1.54) is 6.07 Å². The van der Waals surface area contributed by atoms with Gasteiger partial charge in [0, 0.05) is 10.9 Å². The van der Waals surface area contributed by atoms with Crippen LogP contribution in [0, 0.1) is 0 Å². The van der Waals surface area contributed by atoms with Crippen molar-refractivity contribution in [1.29, 1.82) is 0 Å². The maximum atomic E-state index is 11.8. The number of rotatable bonds is 0. The van der Waals surface area contributed by atoms with E-state index in [2.05, 4.69) is 4.98 Å². The van der Waals surface area contributed by atoms with Crippen LogP contribution in [-0.4, -0.2) is 10.1 Å². The average molecular weight is 211 g/mol. The summed E-state index contributed by atoms with van der Waals surface area (Å²) in [6, 6.07) is 12.5. The minimum absolute atomic E-state index is 0.105. The molecule has 2 N–H and O–H groups in total. The highest BCUT2D eigenvalue weighted by Crippen LogP contribution is 2.23. The van der Waals surface area contributed by atoms with Crippen LogP contribution in [0.5, 0.6) is 5.75 Å². The average Bonchev–Trinajstić information content (AvgIpc) is 2.29. The fraction of sp³-hybridized carbons (Fsp3) is 0. The van der Waals surface area contributed by atoms with E-state index in [1.807, 2.05) is 24.3 Å². The van der Waals surface area contributed by atoms with Gasteiger partial charge in [0.2, 0.25) is 0 Å². The van der Waals surface area contributed by atoms with Gasteiger partial charge in [-0.3, -0.25) is 4.79 Å². The molecule has 0 aliphatic rings. The second kappa shape index (κ2) is 3.10. The third-order valence-electron chi connectivity index (χ3n) is 2.71. The van der Waals surface area contributed by atoms with E-state index in [-0.39, 0.29) is 11.3 Å². The van der Waals surface area contributed by atoms with Crippen LogP contribution in [0.15, 0.2) is 47.3 Å². The number of hydrogen-bond donors (Lipinski definition) is 2. The van der Waals surface area contributed by atoms with Crippen LogP contribution >= 0.6 is 0 Å². The number of nitrogens with one attached hydrogen (secondary N) is 1. The predicted octanol–water partition coefficient (Wildman–Crippen LogP) is 2.39. The molecule has 0 fully saturated rings. The molecule has 0 radical (unpaired) electrons. The first-order valence-corrected chi connectivity index (χ1v) is 4.99. The number of H-pyrrole nitrogens is 1. The first-order chi connectivity index (χ1) is 7.75. The summed E-state index contributed by atoms with van der Waals surface area (Å²) in [6.45, 7) is 0. The predicted molar refractivity (Wildman–Crippen MR) is 63.7 cm³/mol. The normalized spacial score (nSPS) is 11.0. The van der Waals surface area contributed by atoms with Gasteiger partial charge in [-0.05, 0) is 29.7 Å². The minimum Gasteiger partial charge on any atom is -0.508 e. The van der Waals surface area contributed by atoms with Gasteiger partial charge in [-0.1, -0.05) is 18.2 Å². The summed E-state index contributed by atoms with van der Waals surface area (Å²) in [6.07, 6.45) is 0. The highest BCUT2D eigenvalue weighted by molar-refractivity contribution is 6.05. The van der Waals surface area contributed by atoms with Crippen LogP contribution in [0.2, 0.25) is 0 Å². The summed E-state index contributed by atoms with van der Waals surface area (Å²) in [7, 11) is 0. The van der Waals surface area contributed by atoms with Crippen molar-refractivity contribution in [3.63, 3.8) is 0 Å². The monoisotopic (exact) mass is 211 g/mol. The second-order valence-electron chi connectivity index (χ2n) is 3.73. The number of para-hydroxylation sites is 1. The first kappa shape index (κ1) is 8.97. The van der Waals surface area contributed by atoms with Gasteiger partial charge in [0.05, 0.1) is 5.39 Å². The third kappa shape index (κ3) is 1.18. The molecule has 3 rings (SSSR count). The Balaban J connectivity index is 2.65. The van der Waals surface area contributed by atoms with E-state index in [4.69, 9.17) is 0 Å². The number of aromatic amines is 1. The van der Waals surface area contributed by atoms with E-state index >= 15 is 0 Å². The first-order valence-electron chi connectivity index (χ1n) is 4.99. The van der Waals surface area contributed by atoms with Crippen molar-refractivity contribution in [3.05, 3.63) is 52.8 Å². The molecule has 3 nitrogen and oxygen atoms in total. The summed E-state index contributed by atoms with van der Waals surface area (Å²) in [5.74, 6) is 0.105. The lowest BCUT2D eigenvalue weighted by atomic mass is 10.1. The lowest BCUT2D eigenvalue weighted by Crippen LogP contribution is -2.05. The Hall–Kier alpha value is -2.29. The number of pyridine rings is 1. The van der Waals surface area contributed by atoms with Gasteiger partial charge in [0.15, 0.2) is 0 Å². The minimum atomic E-state index is -0.176. The SMILES string of the molecule is O=c1[nH]c2ccccc2c2ccc(O)cc12. The van der Waals surface area contributed by atoms with Crippen molar-refractivity contribution in [2.45, 2.75) is 0 Å². The van der Waals surface area contributed by atoms with Crippen LogP contribution in [0.4, 0.5) is 0 Å². The molecular weight excluding hydrogens is 202 g/mol. The quantitative estimate of drug-likeness (QED) is 0.561. The lowest BCUT2D eigenvalue weighted by molar-refractivity contribution is 0.476. The van der Waals surface area contributed by atoms with Crippen LogP contribution in [0.3, 0.4) is 0 Å². The molecule has 16 heavy (non-hydrogen) atoms. The molecule has 3 heteroatoms. The molecular formula is C13H9NO2. The number of aromatic nitrogens is 1. The van der Waals surface area contributed by atoms with Crippen LogP contribution < -0.4 is 5.56 Å². The van der Waals surface area contributed by atoms with Gasteiger partial charge < -0.3 is 10.1 Å². The standard InChI is InChI=1S/C13H9NO2/c15-8-5-6-9-10-3-1-2-4-12(10)14-13(16)11(9)7-8/h1-7,15H,(H,14,16). The summed E-state index contributed by atoms with van der Waals surface area (Å²) in [4.78, 5) is 14.6. The van der Waals surface area contributed by atoms with Crippen molar-refractivity contribution < 1.29 is 5.11 Å². The highest BCUT2D eigenvalue weighted by atomic mass is 16.3. The van der Waals surface area contributed by atoms with Crippen LogP contribution in [-0.2, 0) is 0 Å². The van der Waals surface area contributed by atoms with Gasteiger partial charge in [-0.15, -0.1) is 0 Å². The van der Waals surface area contributed by atoms with E-state index in [0.717, 1.165) is 16.3 Å². The molecule has 2 aromatic carbocycles. The Labute approximate surface area is 91.0 Å². The van der Waals surface area contributed by atoms with Crippen LogP contribution in [0.25, 0.3) is 21.7 Å². The summed E-state index contributed by atoms with van der Waals surface area (Å²) in [5, 5.41) is 11.7. The van der Waals surface area contributed by atoms with Crippen molar-refractivity contribution in [2.24, 2.45) is 0 Å². The number of hydrogen-bond acceptors (Lipinski definition) is 2. The van der Waals surface area contributed by atoms with Gasteiger partial charge in [-0.25, -0.2) is 0 Å². The summed E-state index contributed by atoms with van der Waals surface area (Å²) >= 11 is 0. The highest BCUT2D eigenvalue weighted by Gasteiger charge is 2.04. The molecule has 1 heterocycles. The van der Waals surface area contributed by atoms with Crippen molar-refractivity contribution >= 4 is 21.7 Å². The molecule has 0 unspecified atom stereocenters. The molecule has 0 saturated carbocycles. The van der Waals surface area contributed by atoms with Crippen molar-refractivity contribution in [3.8, 4) is 5.75 Å². The Morgan fingerprint density at radius 1 is 0.938 bits per heavy atom. The number of benzene rings is 2. The Morgan fingerprint density at radius 3 is 2.62 bits per heavy atom. The number of fused-ring (bicyclic) bond motifs is 3. The molecule has 3 aromatic rings. The largest absolute Gasteiger partial charge is 0.508 e. The fourth-order valence-electron chi connectivity index (χ4n) is 1.97. The molecule has 0 saturated heterocycles.